The third kappa shape index (κ3) is 7.77. The molecule has 8 heterocycles. The van der Waals surface area contributed by atoms with Crippen molar-refractivity contribution in [3.8, 4) is 0 Å². The molecule has 4 spiro atoms. The minimum atomic E-state index is -3.12. The van der Waals surface area contributed by atoms with Crippen LogP contribution < -0.4 is 0 Å². The number of carbonyl (C=O) groups excluding carboxylic acids is 2. The summed E-state index contributed by atoms with van der Waals surface area (Å²) in [5.74, 6) is -3.31. The average molecular weight is 1230 g/mol. The van der Waals surface area contributed by atoms with Crippen molar-refractivity contribution in [1.82, 2.24) is 0 Å². The molecule has 22 nitrogen and oxygen atoms in total. The molecule has 12 fully saturated rings. The highest BCUT2D eigenvalue weighted by Gasteiger charge is 2.98. The van der Waals surface area contributed by atoms with Crippen molar-refractivity contribution in [2.45, 2.75) is 278 Å². The lowest BCUT2D eigenvalue weighted by Crippen LogP contribution is -2.87. The summed E-state index contributed by atoms with van der Waals surface area (Å²) in [5.41, 5.74) is -9.73. The van der Waals surface area contributed by atoms with Crippen molar-refractivity contribution in [2.75, 3.05) is 68.8 Å². The summed E-state index contributed by atoms with van der Waals surface area (Å²) in [6.07, 6.45) is -5.63. The maximum Gasteiger partial charge on any atom is 0.349 e. The molecule has 8 saturated heterocycles. The van der Waals surface area contributed by atoms with Crippen molar-refractivity contribution >= 4 is 29.1 Å². The number of hydrogen-bond acceptors (Lipinski definition) is 22. The van der Waals surface area contributed by atoms with E-state index in [2.05, 4.69) is 83.1 Å². The van der Waals surface area contributed by atoms with E-state index >= 15 is 0 Å². The van der Waals surface area contributed by atoms with Crippen LogP contribution in [-0.2, 0) is 103 Å². The largest absolute Gasteiger partial charge is 0.456 e. The van der Waals surface area contributed by atoms with Gasteiger partial charge in [-0.3, -0.25) is 9.59 Å². The maximum absolute atomic E-state index is 14.6. The monoisotopic (exact) mass is 1230 g/mol. The van der Waals surface area contributed by atoms with E-state index in [9.17, 15) is 9.59 Å². The molecule has 20 atom stereocenters. The van der Waals surface area contributed by atoms with Crippen LogP contribution in [-0.4, -0.2) is 204 Å². The van der Waals surface area contributed by atoms with Crippen LogP contribution >= 0.6 is 0 Å². The molecule has 24 heteroatoms. The highest BCUT2D eigenvalue weighted by molar-refractivity contribution is 6.74. The van der Waals surface area contributed by atoms with Crippen LogP contribution in [0.25, 0.3) is 0 Å². The number of methoxy groups -OCH3 is 4. The molecule has 4 aliphatic carbocycles. The Morgan fingerprint density at radius 1 is 0.452 bits per heavy atom. The fourth-order valence-corrected chi connectivity index (χ4v) is 29.9. The minimum absolute atomic E-state index is 0.000551. The Morgan fingerprint density at radius 3 is 1.07 bits per heavy atom. The van der Waals surface area contributed by atoms with Gasteiger partial charge in [-0.15, -0.1) is 0 Å². The summed E-state index contributed by atoms with van der Waals surface area (Å²) in [6.45, 7) is 42.2. The van der Waals surface area contributed by atoms with Gasteiger partial charge in [0.05, 0.1) is 48.8 Å². The van der Waals surface area contributed by atoms with Gasteiger partial charge < -0.3 is 93.5 Å². The van der Waals surface area contributed by atoms with Gasteiger partial charge in [0.1, 0.15) is 74.0 Å². The van der Waals surface area contributed by atoms with Crippen LogP contribution in [0.2, 0.25) is 20.2 Å². The van der Waals surface area contributed by atoms with E-state index in [1.165, 1.54) is 0 Å². The Kier molecular flexibility index (Phi) is 15.0. The quantitative estimate of drug-likeness (QED) is 0.0707. The molecule has 0 unspecified atom stereocenters. The summed E-state index contributed by atoms with van der Waals surface area (Å²) in [6, 6.07) is 0. The van der Waals surface area contributed by atoms with Crippen LogP contribution in [0.1, 0.15) is 151 Å². The molecule has 8 aliphatic heterocycles. The van der Waals surface area contributed by atoms with Gasteiger partial charge in [-0.2, -0.15) is 0 Å². The van der Waals surface area contributed by atoms with E-state index in [4.69, 9.17) is 93.5 Å². The molecule has 84 heavy (non-hydrogen) atoms. The topological polar surface area (TPSA) is 219 Å². The first-order valence-corrected chi connectivity index (χ1v) is 33.9. The smallest absolute Gasteiger partial charge is 0.349 e. The van der Waals surface area contributed by atoms with E-state index in [1.54, 1.807) is 28.4 Å². The van der Waals surface area contributed by atoms with E-state index < -0.39 is 146 Å². The second-order valence-electron chi connectivity index (χ2n) is 31.8. The normalized spacial score (nSPS) is 48.1. The fraction of sp³-hybridized carbons (Fsp3) is 0.967. The molecule has 0 aromatic heterocycles. The van der Waals surface area contributed by atoms with E-state index in [1.807, 2.05) is 55.4 Å². The number of esters is 2. The Balaban J connectivity index is 0.000000175. The second-order valence-corrected chi connectivity index (χ2v) is 41.2. The number of fused-ring (bicyclic) bond motifs is 6. The molecule has 0 amide bonds. The predicted molar refractivity (Wildman–Crippen MR) is 301 cm³/mol. The minimum Gasteiger partial charge on any atom is -0.456 e. The third-order valence-corrected chi connectivity index (χ3v) is 32.0. The Morgan fingerprint density at radius 2 is 0.774 bits per heavy atom. The lowest BCUT2D eigenvalue weighted by molar-refractivity contribution is -0.344. The van der Waals surface area contributed by atoms with E-state index in [-0.39, 0.29) is 72.4 Å². The van der Waals surface area contributed by atoms with Crippen molar-refractivity contribution in [3.63, 3.8) is 0 Å². The van der Waals surface area contributed by atoms with Crippen LogP contribution in [0, 0.1) is 22.7 Å². The molecule has 12 aliphatic rings. The molecule has 0 radical (unpaired) electrons. The standard InChI is InChI=1S/2C30H50O11Si/c2*1-24(2,3)42(25(4,5)6)38-18-13-17-20(35-16-33-12)30(41-27(17,9)14-34-15-32-11)28(10)21(37-26(7,8)40-28)19-22(39-42)29(18,30)23(31)36-19/h2*17-22H,13-16H2,1-12H3/t2*17-,18-,19+,20-,21+,22+,27+,28+,29-,30+/m11/s1. The Bertz CT molecular complexity index is 2380. The second kappa shape index (κ2) is 19.6. The number of ether oxygens (including phenoxy) is 16. The molecule has 480 valence electrons. The Hall–Kier alpha value is -1.35. The summed E-state index contributed by atoms with van der Waals surface area (Å²) in [5, 5.41) is -1.32. The zero-order valence-corrected chi connectivity index (χ0v) is 56.6. The van der Waals surface area contributed by atoms with E-state index in [0.29, 0.717) is 12.8 Å². The molecule has 0 aromatic carbocycles. The van der Waals surface area contributed by atoms with Gasteiger partial charge >= 0.3 is 29.1 Å². The van der Waals surface area contributed by atoms with Gasteiger partial charge in [0.25, 0.3) is 0 Å². The maximum atomic E-state index is 14.6. The summed E-state index contributed by atoms with van der Waals surface area (Å²) >= 11 is 0. The van der Waals surface area contributed by atoms with Gasteiger partial charge in [0.2, 0.25) is 0 Å². The first kappa shape index (κ1) is 64.2. The molecule has 12 rings (SSSR count). The lowest BCUT2D eigenvalue weighted by atomic mass is 9.46. The first-order valence-electron chi connectivity index (χ1n) is 30.3. The molecule has 4 saturated carbocycles. The number of rotatable bonds is 14. The van der Waals surface area contributed by atoms with Crippen LogP contribution in [0.5, 0.6) is 0 Å². The molecule has 0 aromatic rings. The van der Waals surface area contributed by atoms with E-state index in [0.717, 1.165) is 0 Å². The van der Waals surface area contributed by atoms with Crippen LogP contribution in [0.3, 0.4) is 0 Å². The zero-order valence-electron chi connectivity index (χ0n) is 54.6. The van der Waals surface area contributed by atoms with Crippen molar-refractivity contribution in [1.29, 1.82) is 0 Å². The van der Waals surface area contributed by atoms with Gasteiger partial charge in [-0.25, -0.2) is 0 Å². The summed E-state index contributed by atoms with van der Waals surface area (Å²) in [4.78, 5) is 29.3. The lowest BCUT2D eigenvalue weighted by Gasteiger charge is -2.68. The summed E-state index contributed by atoms with van der Waals surface area (Å²) < 4.78 is 131. The highest BCUT2D eigenvalue weighted by Crippen LogP contribution is 2.79. The molecule has 0 N–H and O–H groups in total. The Labute approximate surface area is 499 Å². The SMILES string of the molecule is COCOC[C@]1(C)O[C@]23[C@H](OCOC)[C@H]1C[C@H]1O[Si](C(C)(C)C)(C(C)(C)C)O[C@H]4[C@@H](OC(=O)[C@@]142)[C@@H]1OC(C)(C)O[C@@]13C.COCOC[C@]1(C)O[C@]23[C@H](OCOC)[C@H]1C[C@H]1O[Si](C(C)(C)C)(C(C)(C)C)O[C@H]4[C@@H](OC(=O)[C@@]142)[C@@H]1OC(C)(C)O[C@@]13C. The summed E-state index contributed by atoms with van der Waals surface area (Å²) in [7, 11) is 0.0921. The van der Waals surface area contributed by atoms with Crippen LogP contribution in [0.4, 0.5) is 0 Å². The average Bonchev–Trinajstić information content (AvgIpc) is 1.42. The van der Waals surface area contributed by atoms with Crippen LogP contribution in [0.15, 0.2) is 0 Å². The van der Waals surface area contributed by atoms with Gasteiger partial charge in [-0.05, 0) is 68.2 Å². The molecular formula is C60H100O22Si2. The van der Waals surface area contributed by atoms with Gasteiger partial charge in [-0.1, -0.05) is 83.1 Å². The molecule has 8 bridgehead atoms. The number of hydrogen-bond donors (Lipinski definition) is 0. The highest BCUT2D eigenvalue weighted by atomic mass is 28.4. The van der Waals surface area contributed by atoms with Crippen molar-refractivity contribution < 1.29 is 103 Å². The van der Waals surface area contributed by atoms with Crippen molar-refractivity contribution in [3.05, 3.63) is 0 Å². The van der Waals surface area contributed by atoms with Crippen molar-refractivity contribution in [2.24, 2.45) is 22.7 Å². The fourth-order valence-electron chi connectivity index (χ4n) is 19.7. The zero-order chi connectivity index (χ0) is 61.9. The third-order valence-electron chi connectivity index (χ3n) is 21.7. The first-order chi connectivity index (χ1) is 38.6. The van der Waals surface area contributed by atoms with Gasteiger partial charge in [0, 0.05) is 60.4 Å². The predicted octanol–water partition coefficient (Wildman–Crippen LogP) is 7.61. The molecular weight excluding hydrogens is 1130 g/mol. The number of carbonyl (C=O) groups is 2. The van der Waals surface area contributed by atoms with Gasteiger partial charge in [0.15, 0.2) is 34.6 Å².